The first-order valence-electron chi connectivity index (χ1n) is 9.74. The molecule has 0 atom stereocenters. The zero-order valence-electron chi connectivity index (χ0n) is 18.1. The zero-order valence-corrected chi connectivity index (χ0v) is 18.1. The number of hydrogen-bond acceptors (Lipinski definition) is 6. The van der Waals surface area contributed by atoms with Gasteiger partial charge >= 0.3 is 11.9 Å². The predicted octanol–water partition coefficient (Wildman–Crippen LogP) is 4.20. The first kappa shape index (κ1) is 24.2. The molecule has 0 unspecified atom stereocenters. The third-order valence-electron chi connectivity index (χ3n) is 4.15. The van der Waals surface area contributed by atoms with E-state index in [0.29, 0.717) is 24.7 Å². The van der Waals surface area contributed by atoms with Crippen LogP contribution in [0.15, 0.2) is 54.6 Å². The van der Waals surface area contributed by atoms with Crippen LogP contribution in [0.2, 0.25) is 0 Å². The normalized spacial score (nSPS) is 10.3. The Hall–Kier alpha value is -4.07. The second kappa shape index (κ2) is 11.9. The van der Waals surface area contributed by atoms with E-state index in [9.17, 15) is 0 Å². The smallest absolute Gasteiger partial charge is 0.414 e. The summed E-state index contributed by atoms with van der Waals surface area (Å²) in [5, 5.41) is 15.8. The number of carbonyl (C=O) groups is 2. The number of rotatable bonds is 7. The molecule has 168 valence electrons. The fourth-order valence-electron chi connectivity index (χ4n) is 2.74. The van der Waals surface area contributed by atoms with Crippen LogP contribution in [-0.4, -0.2) is 47.5 Å². The molecule has 8 nitrogen and oxygen atoms in total. The number of carboxylic acid groups (broad SMARTS) is 2. The number of nitrogens with zero attached hydrogens (tertiary/aromatic N) is 1. The molecule has 0 radical (unpaired) electrons. The molecule has 3 rings (SSSR count). The van der Waals surface area contributed by atoms with Crippen molar-refractivity contribution in [3.63, 3.8) is 0 Å². The molecule has 0 aliphatic carbocycles. The molecule has 8 heteroatoms. The van der Waals surface area contributed by atoms with Gasteiger partial charge in [-0.2, -0.15) is 0 Å². The van der Waals surface area contributed by atoms with Crippen LogP contribution in [0.25, 0.3) is 17.0 Å². The number of para-hydroxylation sites is 1. The van der Waals surface area contributed by atoms with Crippen LogP contribution in [0.5, 0.6) is 17.2 Å². The van der Waals surface area contributed by atoms with Gasteiger partial charge in [-0.1, -0.05) is 36.4 Å². The Bertz CT molecular complexity index is 1100. The fraction of sp³-hybridized carbons (Fsp3) is 0.208. The molecule has 0 aliphatic heterocycles. The van der Waals surface area contributed by atoms with Crippen molar-refractivity contribution in [1.29, 1.82) is 0 Å². The summed E-state index contributed by atoms with van der Waals surface area (Å²) in [6.45, 7) is 4.80. The molecule has 1 aromatic heterocycles. The van der Waals surface area contributed by atoms with Gasteiger partial charge in [-0.25, -0.2) is 14.6 Å². The van der Waals surface area contributed by atoms with Gasteiger partial charge in [0, 0.05) is 11.1 Å². The van der Waals surface area contributed by atoms with Gasteiger partial charge < -0.3 is 24.4 Å². The Labute approximate surface area is 185 Å². The van der Waals surface area contributed by atoms with Crippen molar-refractivity contribution in [2.24, 2.45) is 0 Å². The molecule has 2 N–H and O–H groups in total. The summed E-state index contributed by atoms with van der Waals surface area (Å²) in [4.78, 5) is 22.8. The highest BCUT2D eigenvalue weighted by atomic mass is 16.5. The topological polar surface area (TPSA) is 115 Å². The van der Waals surface area contributed by atoms with Crippen molar-refractivity contribution in [3.8, 4) is 17.2 Å². The number of ether oxygens (including phenoxy) is 3. The monoisotopic (exact) mass is 439 g/mol. The summed E-state index contributed by atoms with van der Waals surface area (Å²) in [6, 6.07) is 15.8. The fourth-order valence-corrected chi connectivity index (χ4v) is 2.74. The summed E-state index contributed by atoms with van der Waals surface area (Å²) in [6.07, 6.45) is 4.01. The number of aromatic nitrogens is 1. The first-order chi connectivity index (χ1) is 15.3. The van der Waals surface area contributed by atoms with Crippen LogP contribution >= 0.6 is 0 Å². The molecule has 1 heterocycles. The quantitative estimate of drug-likeness (QED) is 0.416. The average molecular weight is 439 g/mol. The van der Waals surface area contributed by atoms with E-state index in [1.807, 2.05) is 68.5 Å². The minimum atomic E-state index is -1.82. The van der Waals surface area contributed by atoms with Crippen LogP contribution in [0.3, 0.4) is 0 Å². The number of benzene rings is 2. The molecule has 0 bridgehead atoms. The van der Waals surface area contributed by atoms with Crippen LogP contribution in [0.1, 0.15) is 18.2 Å². The number of hydrogen-bond donors (Lipinski definition) is 2. The van der Waals surface area contributed by atoms with E-state index in [1.165, 1.54) is 0 Å². The number of aliphatic carboxylic acids is 2. The maximum atomic E-state index is 9.10. The van der Waals surface area contributed by atoms with E-state index in [-0.39, 0.29) is 0 Å². The lowest BCUT2D eigenvalue weighted by atomic mass is 10.2. The van der Waals surface area contributed by atoms with Crippen LogP contribution in [0.4, 0.5) is 0 Å². The summed E-state index contributed by atoms with van der Waals surface area (Å²) in [5.74, 6) is -1.46. The Morgan fingerprint density at radius 3 is 2.25 bits per heavy atom. The van der Waals surface area contributed by atoms with E-state index in [1.54, 1.807) is 7.11 Å². The third-order valence-corrected chi connectivity index (χ3v) is 4.15. The second-order valence-electron chi connectivity index (χ2n) is 6.50. The van der Waals surface area contributed by atoms with Crippen molar-refractivity contribution in [1.82, 2.24) is 4.98 Å². The van der Waals surface area contributed by atoms with Gasteiger partial charge in [-0.05, 0) is 43.7 Å². The molecular formula is C24H25NO7. The third kappa shape index (κ3) is 7.02. The minimum Gasteiger partial charge on any atom is -0.493 e. The molecule has 0 spiro atoms. The highest BCUT2D eigenvalue weighted by Gasteiger charge is 2.07. The highest BCUT2D eigenvalue weighted by Crippen LogP contribution is 2.29. The maximum absolute atomic E-state index is 9.10. The lowest BCUT2D eigenvalue weighted by Gasteiger charge is -2.13. The molecule has 0 saturated heterocycles. The lowest BCUT2D eigenvalue weighted by molar-refractivity contribution is -0.159. The number of allylic oxidation sites excluding steroid dienone is 1. The van der Waals surface area contributed by atoms with Crippen LogP contribution < -0.4 is 14.2 Å². The predicted molar refractivity (Wildman–Crippen MR) is 120 cm³/mol. The van der Waals surface area contributed by atoms with Gasteiger partial charge in [0.1, 0.15) is 24.5 Å². The standard InChI is InChI=1S/C22H23NO3.C2H2O4/c1-4-6-17-10-12-19(21(15-17)24-3)25-13-14-26-20-8-5-7-18-11-9-16(2)23-22(18)20;3-1(4)2(5)6/h4-12,15H,13-14H2,1-3H3;(H,3,4)(H,5,6)/b6-4+;. The Morgan fingerprint density at radius 2 is 1.62 bits per heavy atom. The van der Waals surface area contributed by atoms with Gasteiger partial charge in [-0.15, -0.1) is 0 Å². The van der Waals surface area contributed by atoms with E-state index in [4.69, 9.17) is 34.0 Å². The van der Waals surface area contributed by atoms with Gasteiger partial charge in [0.15, 0.2) is 11.5 Å². The molecule has 2 aromatic carbocycles. The molecule has 32 heavy (non-hydrogen) atoms. The molecule has 0 aliphatic rings. The van der Waals surface area contributed by atoms with Gasteiger partial charge in [0.2, 0.25) is 0 Å². The van der Waals surface area contributed by atoms with Crippen molar-refractivity contribution < 1.29 is 34.0 Å². The summed E-state index contributed by atoms with van der Waals surface area (Å²) >= 11 is 0. The summed E-state index contributed by atoms with van der Waals surface area (Å²) in [5.41, 5.74) is 2.92. The number of pyridine rings is 1. The van der Waals surface area contributed by atoms with Crippen molar-refractivity contribution in [2.75, 3.05) is 20.3 Å². The van der Waals surface area contributed by atoms with E-state index < -0.39 is 11.9 Å². The largest absolute Gasteiger partial charge is 0.493 e. The molecular weight excluding hydrogens is 414 g/mol. The number of methoxy groups -OCH3 is 1. The number of aryl methyl sites for hydroxylation is 1. The van der Waals surface area contributed by atoms with E-state index in [2.05, 4.69) is 11.1 Å². The molecule has 3 aromatic rings. The Kier molecular flexibility index (Phi) is 9.04. The SMILES string of the molecule is C/C=C/c1ccc(OCCOc2cccc3ccc(C)nc23)c(OC)c1.O=C(O)C(=O)O. The van der Waals surface area contributed by atoms with Gasteiger partial charge in [-0.3, -0.25) is 0 Å². The van der Waals surface area contributed by atoms with Crippen molar-refractivity contribution in [2.45, 2.75) is 13.8 Å². The summed E-state index contributed by atoms with van der Waals surface area (Å²) < 4.78 is 17.1. The minimum absolute atomic E-state index is 0.418. The lowest BCUT2D eigenvalue weighted by Crippen LogP contribution is -2.10. The number of fused-ring (bicyclic) bond motifs is 1. The van der Waals surface area contributed by atoms with E-state index in [0.717, 1.165) is 27.9 Å². The summed E-state index contributed by atoms with van der Waals surface area (Å²) in [7, 11) is 1.64. The Morgan fingerprint density at radius 1 is 0.938 bits per heavy atom. The van der Waals surface area contributed by atoms with Crippen molar-refractivity contribution in [3.05, 3.63) is 65.9 Å². The molecule has 0 amide bonds. The average Bonchev–Trinajstić information content (AvgIpc) is 2.78. The van der Waals surface area contributed by atoms with Gasteiger partial charge in [0.25, 0.3) is 0 Å². The van der Waals surface area contributed by atoms with Gasteiger partial charge in [0.05, 0.1) is 7.11 Å². The highest BCUT2D eigenvalue weighted by molar-refractivity contribution is 6.27. The maximum Gasteiger partial charge on any atom is 0.414 e. The van der Waals surface area contributed by atoms with E-state index >= 15 is 0 Å². The molecule has 0 saturated carbocycles. The van der Waals surface area contributed by atoms with Crippen LogP contribution in [0, 0.1) is 6.92 Å². The zero-order chi connectivity index (χ0) is 23.5. The second-order valence-corrected chi connectivity index (χ2v) is 6.50. The molecule has 0 fully saturated rings. The Balaban J connectivity index is 0.000000534. The van der Waals surface area contributed by atoms with Crippen molar-refractivity contribution >= 4 is 28.9 Å². The number of carboxylic acids is 2. The van der Waals surface area contributed by atoms with Crippen LogP contribution in [-0.2, 0) is 9.59 Å². The first-order valence-corrected chi connectivity index (χ1v) is 9.74.